The van der Waals surface area contributed by atoms with Crippen molar-refractivity contribution in [2.75, 3.05) is 19.6 Å². The summed E-state index contributed by atoms with van der Waals surface area (Å²) in [6.07, 6.45) is 1.38. The van der Waals surface area contributed by atoms with Crippen molar-refractivity contribution in [2.24, 2.45) is 11.8 Å². The van der Waals surface area contributed by atoms with Gasteiger partial charge in [0.15, 0.2) is 0 Å². The van der Waals surface area contributed by atoms with E-state index in [-0.39, 0.29) is 18.2 Å². The third-order valence-electron chi connectivity index (χ3n) is 4.52. The van der Waals surface area contributed by atoms with Crippen LogP contribution in [0, 0.1) is 11.8 Å². The van der Waals surface area contributed by atoms with E-state index in [9.17, 15) is 19.5 Å². The number of aliphatic carboxylic acids is 1. The summed E-state index contributed by atoms with van der Waals surface area (Å²) in [6.45, 7) is 7.20. The third kappa shape index (κ3) is 2.89. The summed E-state index contributed by atoms with van der Waals surface area (Å²) in [6, 6.07) is 0. The van der Waals surface area contributed by atoms with Gasteiger partial charge in [0.1, 0.15) is 5.54 Å². The van der Waals surface area contributed by atoms with E-state index in [0.717, 1.165) is 0 Å². The lowest BCUT2D eigenvalue weighted by Gasteiger charge is -2.33. The first-order chi connectivity index (χ1) is 9.75. The van der Waals surface area contributed by atoms with Gasteiger partial charge < -0.3 is 14.9 Å². The van der Waals surface area contributed by atoms with Gasteiger partial charge in [-0.1, -0.05) is 13.8 Å². The minimum Gasteiger partial charge on any atom is -0.480 e. The number of likely N-dealkylation sites (tertiary alicyclic amines) is 2. The maximum Gasteiger partial charge on any atom is 0.329 e. The molecular formula is C15H24N2O4. The number of amides is 2. The number of carbonyl (C=O) groups is 3. The Morgan fingerprint density at radius 3 is 2.67 bits per heavy atom. The number of carboxylic acids is 1. The molecule has 0 aromatic rings. The van der Waals surface area contributed by atoms with E-state index in [4.69, 9.17) is 0 Å². The van der Waals surface area contributed by atoms with Gasteiger partial charge in [-0.05, 0) is 25.7 Å². The molecule has 0 bridgehead atoms. The second kappa shape index (κ2) is 5.66. The van der Waals surface area contributed by atoms with Crippen LogP contribution in [0.2, 0.25) is 0 Å². The van der Waals surface area contributed by atoms with Gasteiger partial charge in [0.05, 0.1) is 5.92 Å². The molecule has 2 unspecified atom stereocenters. The molecular weight excluding hydrogens is 272 g/mol. The molecule has 2 rings (SSSR count). The Bertz CT molecular complexity index is 463. The number of nitrogens with zero attached hydrogens (tertiary/aromatic N) is 2. The average molecular weight is 296 g/mol. The molecule has 0 aliphatic carbocycles. The molecule has 2 aliphatic rings. The van der Waals surface area contributed by atoms with Crippen molar-refractivity contribution in [1.29, 1.82) is 0 Å². The first-order valence-electron chi connectivity index (χ1n) is 7.58. The summed E-state index contributed by atoms with van der Waals surface area (Å²) in [5, 5.41) is 9.39. The quantitative estimate of drug-likeness (QED) is 0.838. The molecule has 2 amide bonds. The summed E-state index contributed by atoms with van der Waals surface area (Å²) in [4.78, 5) is 39.2. The van der Waals surface area contributed by atoms with E-state index < -0.39 is 17.4 Å². The van der Waals surface area contributed by atoms with Gasteiger partial charge in [-0.25, -0.2) is 4.79 Å². The Labute approximate surface area is 125 Å². The minimum absolute atomic E-state index is 0.00160. The molecule has 0 radical (unpaired) electrons. The van der Waals surface area contributed by atoms with E-state index in [2.05, 4.69) is 0 Å². The average Bonchev–Trinajstić information content (AvgIpc) is 2.93. The fraction of sp³-hybridized carbons (Fsp3) is 0.800. The van der Waals surface area contributed by atoms with Crippen LogP contribution >= 0.6 is 0 Å². The number of hydrogen-bond acceptors (Lipinski definition) is 3. The lowest BCUT2D eigenvalue weighted by atomic mass is 9.97. The number of rotatable bonds is 4. The monoisotopic (exact) mass is 296 g/mol. The second-order valence-corrected chi connectivity index (χ2v) is 6.77. The third-order valence-corrected chi connectivity index (χ3v) is 4.52. The smallest absolute Gasteiger partial charge is 0.329 e. The van der Waals surface area contributed by atoms with E-state index in [1.165, 1.54) is 4.90 Å². The van der Waals surface area contributed by atoms with Gasteiger partial charge in [-0.15, -0.1) is 0 Å². The Morgan fingerprint density at radius 2 is 2.10 bits per heavy atom. The van der Waals surface area contributed by atoms with E-state index in [1.807, 2.05) is 13.8 Å². The fourth-order valence-corrected chi connectivity index (χ4v) is 3.31. The van der Waals surface area contributed by atoms with Crippen molar-refractivity contribution in [2.45, 2.75) is 45.6 Å². The highest BCUT2D eigenvalue weighted by atomic mass is 16.4. The summed E-state index contributed by atoms with van der Waals surface area (Å²) in [5.74, 6) is -1.18. The SMILES string of the molecule is CC(C)CN1CC(C(=O)N2CCCC2(C)C(=O)O)CC1=O. The topological polar surface area (TPSA) is 77.9 Å². The molecule has 2 heterocycles. The largest absolute Gasteiger partial charge is 0.480 e. The molecule has 0 aromatic carbocycles. The molecule has 1 N–H and O–H groups in total. The van der Waals surface area contributed by atoms with Crippen LogP contribution in [-0.2, 0) is 14.4 Å². The van der Waals surface area contributed by atoms with Crippen molar-refractivity contribution < 1.29 is 19.5 Å². The Balaban J connectivity index is 2.08. The van der Waals surface area contributed by atoms with E-state index in [0.29, 0.717) is 38.4 Å². The summed E-state index contributed by atoms with van der Waals surface area (Å²) < 4.78 is 0. The van der Waals surface area contributed by atoms with Crippen LogP contribution in [0.3, 0.4) is 0 Å². The van der Waals surface area contributed by atoms with Crippen LogP contribution in [-0.4, -0.2) is 57.9 Å². The highest BCUT2D eigenvalue weighted by Crippen LogP contribution is 2.32. The standard InChI is InChI=1S/C15H24N2O4/c1-10(2)8-16-9-11(7-12(16)18)13(19)17-6-4-5-15(17,3)14(20)21/h10-11H,4-9H2,1-3H3,(H,20,21). The molecule has 21 heavy (non-hydrogen) atoms. The van der Waals surface area contributed by atoms with Crippen LogP contribution in [0.25, 0.3) is 0 Å². The van der Waals surface area contributed by atoms with Gasteiger partial charge in [0.2, 0.25) is 11.8 Å². The number of hydrogen-bond donors (Lipinski definition) is 1. The van der Waals surface area contributed by atoms with Crippen molar-refractivity contribution in [3.05, 3.63) is 0 Å². The molecule has 2 aliphatic heterocycles. The number of carboxylic acid groups (broad SMARTS) is 1. The minimum atomic E-state index is -1.12. The zero-order valence-electron chi connectivity index (χ0n) is 13.0. The fourth-order valence-electron chi connectivity index (χ4n) is 3.31. The van der Waals surface area contributed by atoms with Gasteiger partial charge in [0, 0.05) is 26.1 Å². The summed E-state index contributed by atoms with van der Waals surface area (Å²) in [5.41, 5.74) is -1.12. The molecule has 0 saturated carbocycles. The highest BCUT2D eigenvalue weighted by molar-refractivity contribution is 5.93. The lowest BCUT2D eigenvalue weighted by molar-refractivity contribution is -0.156. The van der Waals surface area contributed by atoms with Crippen LogP contribution in [0.1, 0.15) is 40.0 Å². The zero-order chi connectivity index (χ0) is 15.8. The maximum atomic E-state index is 12.6. The lowest BCUT2D eigenvalue weighted by Crippen LogP contribution is -2.52. The zero-order valence-corrected chi connectivity index (χ0v) is 13.0. The Kier molecular flexibility index (Phi) is 4.25. The Morgan fingerprint density at radius 1 is 1.43 bits per heavy atom. The van der Waals surface area contributed by atoms with Gasteiger partial charge in [-0.2, -0.15) is 0 Å². The molecule has 0 spiro atoms. The molecule has 2 saturated heterocycles. The van der Waals surface area contributed by atoms with Crippen molar-refractivity contribution >= 4 is 17.8 Å². The van der Waals surface area contributed by atoms with Crippen molar-refractivity contribution in [1.82, 2.24) is 9.80 Å². The summed E-state index contributed by atoms with van der Waals surface area (Å²) >= 11 is 0. The van der Waals surface area contributed by atoms with Crippen molar-refractivity contribution in [3.63, 3.8) is 0 Å². The van der Waals surface area contributed by atoms with Crippen LogP contribution in [0.5, 0.6) is 0 Å². The van der Waals surface area contributed by atoms with E-state index >= 15 is 0 Å². The highest BCUT2D eigenvalue weighted by Gasteiger charge is 2.49. The molecule has 118 valence electrons. The predicted octanol–water partition coefficient (Wildman–Crippen LogP) is 0.957. The van der Waals surface area contributed by atoms with E-state index in [1.54, 1.807) is 11.8 Å². The van der Waals surface area contributed by atoms with Crippen LogP contribution < -0.4 is 0 Å². The maximum absolute atomic E-state index is 12.6. The molecule has 2 atom stereocenters. The normalized spacial score (nSPS) is 29.5. The molecule has 6 heteroatoms. The summed E-state index contributed by atoms with van der Waals surface area (Å²) in [7, 11) is 0. The molecule has 6 nitrogen and oxygen atoms in total. The van der Waals surface area contributed by atoms with Gasteiger partial charge >= 0.3 is 5.97 Å². The van der Waals surface area contributed by atoms with Crippen molar-refractivity contribution in [3.8, 4) is 0 Å². The number of carbonyl (C=O) groups excluding carboxylic acids is 2. The Hall–Kier alpha value is -1.59. The second-order valence-electron chi connectivity index (χ2n) is 6.77. The molecule has 0 aromatic heterocycles. The van der Waals surface area contributed by atoms with Crippen LogP contribution in [0.4, 0.5) is 0 Å². The predicted molar refractivity (Wildman–Crippen MR) is 76.5 cm³/mol. The first-order valence-corrected chi connectivity index (χ1v) is 7.58. The van der Waals surface area contributed by atoms with Crippen LogP contribution in [0.15, 0.2) is 0 Å². The molecule has 2 fully saturated rings. The first kappa shape index (κ1) is 15.8. The van der Waals surface area contributed by atoms with Gasteiger partial charge in [-0.3, -0.25) is 9.59 Å². The van der Waals surface area contributed by atoms with Gasteiger partial charge in [0.25, 0.3) is 0 Å².